The first kappa shape index (κ1) is 25.6. The van der Waals surface area contributed by atoms with Crippen molar-refractivity contribution in [3.05, 3.63) is 12.7 Å². The van der Waals surface area contributed by atoms with Crippen LogP contribution in [0.2, 0.25) is 38.3 Å². The Morgan fingerprint density at radius 3 is 2.00 bits per heavy atom. The van der Waals surface area contributed by atoms with Crippen molar-refractivity contribution in [2.24, 2.45) is 0 Å². The molecule has 128 valence electrons. The Kier molecular flexibility index (Phi) is 14.8. The van der Waals surface area contributed by atoms with Gasteiger partial charge in [-0.1, -0.05) is 41.2 Å². The third-order valence-corrected chi connectivity index (χ3v) is 10.7. The van der Waals surface area contributed by atoms with Crippen LogP contribution < -0.4 is 5.32 Å². The molecule has 0 aliphatic rings. The number of carbonyl (C=O) groups excluding carboxylic acids is 1. The molecule has 1 amide bonds. The zero-order valence-electron chi connectivity index (χ0n) is 13.3. The summed E-state index contributed by atoms with van der Waals surface area (Å²) in [6, 6.07) is 2.36. The molecule has 5 heteroatoms. The van der Waals surface area contributed by atoms with Crippen molar-refractivity contribution in [2.45, 2.75) is 79.3 Å². The summed E-state index contributed by atoms with van der Waals surface area (Å²) >= 11 is 0. The second-order valence-corrected chi connectivity index (χ2v) is 15.2. The van der Waals surface area contributed by atoms with Crippen molar-refractivity contribution in [3.63, 3.8) is 0 Å². The van der Waals surface area contributed by atoms with E-state index in [-0.39, 0.29) is 20.8 Å². The molecule has 21 heavy (non-hydrogen) atoms. The Morgan fingerprint density at radius 1 is 1.10 bits per heavy atom. The first-order valence-corrected chi connectivity index (χ1v) is 13.6. The third kappa shape index (κ3) is 14.3. The van der Waals surface area contributed by atoms with Crippen LogP contribution in [0.1, 0.15) is 41.0 Å². The van der Waals surface area contributed by atoms with Gasteiger partial charge in [0, 0.05) is 6.54 Å². The van der Waals surface area contributed by atoms with E-state index in [2.05, 4.69) is 45.0 Å². The molecule has 0 radical (unpaired) electrons. The zero-order chi connectivity index (χ0) is 14.9. The molecule has 0 aliphatic carbocycles. The molecule has 3 nitrogen and oxygen atoms in total. The third-order valence-electron chi connectivity index (χ3n) is 3.13. The topological polar surface area (TPSA) is 38.3 Å². The SMILES string of the molecule is C.C.C=CC(=O)NCCC[Si](C)(C)O[Si](C)(C)CCCC. The lowest BCUT2D eigenvalue weighted by Crippen LogP contribution is -2.44. The lowest BCUT2D eigenvalue weighted by molar-refractivity contribution is -0.116. The van der Waals surface area contributed by atoms with Crippen molar-refractivity contribution < 1.29 is 8.91 Å². The number of carbonyl (C=O) groups is 1. The summed E-state index contributed by atoms with van der Waals surface area (Å²) < 4.78 is 6.51. The molecule has 0 spiro atoms. The van der Waals surface area contributed by atoms with Crippen molar-refractivity contribution in [1.82, 2.24) is 5.32 Å². The molecule has 0 heterocycles. The molecule has 0 aromatic heterocycles. The predicted molar refractivity (Wildman–Crippen MR) is 102 cm³/mol. The summed E-state index contributed by atoms with van der Waals surface area (Å²) in [5.41, 5.74) is 0. The van der Waals surface area contributed by atoms with E-state index < -0.39 is 16.6 Å². The molecule has 0 unspecified atom stereocenters. The van der Waals surface area contributed by atoms with Gasteiger partial charge in [-0.05, 0) is 50.8 Å². The molecular formula is C16H39NO2Si2. The van der Waals surface area contributed by atoms with E-state index in [9.17, 15) is 4.79 Å². The highest BCUT2D eigenvalue weighted by Crippen LogP contribution is 2.23. The largest absolute Gasteiger partial charge is 0.455 e. The Hall–Kier alpha value is -0.396. The maximum absolute atomic E-state index is 11.0. The molecule has 0 rings (SSSR count). The van der Waals surface area contributed by atoms with Crippen LogP contribution in [-0.2, 0) is 8.91 Å². The van der Waals surface area contributed by atoms with Crippen molar-refractivity contribution >= 4 is 22.5 Å². The van der Waals surface area contributed by atoms with Gasteiger partial charge in [0.25, 0.3) is 0 Å². The summed E-state index contributed by atoms with van der Waals surface area (Å²) in [7, 11) is -3.08. The van der Waals surface area contributed by atoms with E-state index >= 15 is 0 Å². The van der Waals surface area contributed by atoms with Crippen LogP contribution in [-0.4, -0.2) is 29.1 Å². The van der Waals surface area contributed by atoms with Gasteiger partial charge in [0.15, 0.2) is 16.6 Å². The number of rotatable bonds is 10. The number of nitrogens with one attached hydrogen (secondary N) is 1. The van der Waals surface area contributed by atoms with Gasteiger partial charge in [-0.3, -0.25) is 4.79 Å². The van der Waals surface area contributed by atoms with Crippen LogP contribution in [0.15, 0.2) is 12.7 Å². The average Bonchev–Trinajstić information content (AvgIpc) is 2.30. The Labute approximate surface area is 135 Å². The Balaban J connectivity index is -0.00000162. The number of unbranched alkanes of at least 4 members (excludes halogenated alkanes) is 1. The molecule has 0 aliphatic heterocycles. The van der Waals surface area contributed by atoms with Crippen LogP contribution in [0, 0.1) is 0 Å². The maximum Gasteiger partial charge on any atom is 0.243 e. The summed E-state index contributed by atoms with van der Waals surface area (Å²) in [5.74, 6) is -0.0851. The number of hydrogen-bond acceptors (Lipinski definition) is 2. The molecule has 0 bridgehead atoms. The first-order chi connectivity index (χ1) is 8.72. The van der Waals surface area contributed by atoms with E-state index in [0.717, 1.165) is 19.0 Å². The van der Waals surface area contributed by atoms with Gasteiger partial charge in [0.2, 0.25) is 5.91 Å². The van der Waals surface area contributed by atoms with Gasteiger partial charge in [0.05, 0.1) is 0 Å². The smallest absolute Gasteiger partial charge is 0.243 e. The van der Waals surface area contributed by atoms with Crippen LogP contribution in [0.3, 0.4) is 0 Å². The maximum atomic E-state index is 11.0. The van der Waals surface area contributed by atoms with Crippen LogP contribution >= 0.6 is 0 Å². The summed E-state index contributed by atoms with van der Waals surface area (Å²) in [6.45, 7) is 15.6. The second-order valence-electron chi connectivity index (χ2n) is 6.32. The summed E-state index contributed by atoms with van der Waals surface area (Å²) in [4.78, 5) is 11.0. The Morgan fingerprint density at radius 2 is 1.57 bits per heavy atom. The van der Waals surface area contributed by atoms with Gasteiger partial charge in [-0.25, -0.2) is 0 Å². The van der Waals surface area contributed by atoms with Crippen molar-refractivity contribution in [3.8, 4) is 0 Å². The van der Waals surface area contributed by atoms with Crippen LogP contribution in [0.25, 0.3) is 0 Å². The fourth-order valence-electron chi connectivity index (χ4n) is 2.25. The standard InChI is InChI=1S/C14H31NO2Si2.2CH4/c1-7-9-12-18(3,4)17-19(5,6)13-10-11-15-14(16)8-2;;/h8H,2,7,9-13H2,1,3-6H3,(H,15,16);2*1H4. The normalized spacial score (nSPS) is 11.1. The summed E-state index contributed by atoms with van der Waals surface area (Å²) in [6.07, 6.45) is 4.84. The fourth-order valence-corrected chi connectivity index (χ4v) is 11.3. The molecule has 1 N–H and O–H groups in total. The quantitative estimate of drug-likeness (QED) is 0.340. The number of amides is 1. The second kappa shape index (κ2) is 12.2. The lowest BCUT2D eigenvalue weighted by Gasteiger charge is -2.34. The predicted octanol–water partition coefficient (Wildman–Crippen LogP) is 5.18. The Bertz CT molecular complexity index is 292. The van der Waals surface area contributed by atoms with E-state index in [1.54, 1.807) is 0 Å². The molecule has 0 fully saturated rings. The molecule has 0 saturated heterocycles. The lowest BCUT2D eigenvalue weighted by atomic mass is 10.4. The highest BCUT2D eigenvalue weighted by molar-refractivity contribution is 6.84. The van der Waals surface area contributed by atoms with E-state index in [4.69, 9.17) is 4.12 Å². The highest BCUT2D eigenvalue weighted by atomic mass is 28.4. The molecule has 0 aromatic rings. The fraction of sp³-hybridized carbons (Fsp3) is 0.812. The van der Waals surface area contributed by atoms with Crippen LogP contribution in [0.5, 0.6) is 0 Å². The van der Waals surface area contributed by atoms with Crippen molar-refractivity contribution in [1.29, 1.82) is 0 Å². The minimum atomic E-state index is -1.59. The van der Waals surface area contributed by atoms with E-state index in [0.29, 0.717) is 0 Å². The van der Waals surface area contributed by atoms with E-state index in [1.165, 1.54) is 25.0 Å². The average molecular weight is 334 g/mol. The van der Waals surface area contributed by atoms with Gasteiger partial charge in [0.1, 0.15) is 0 Å². The monoisotopic (exact) mass is 333 g/mol. The highest BCUT2D eigenvalue weighted by Gasteiger charge is 2.31. The molecule has 0 aromatic carbocycles. The zero-order valence-corrected chi connectivity index (χ0v) is 15.3. The molecular weight excluding hydrogens is 294 g/mol. The van der Waals surface area contributed by atoms with E-state index in [1.807, 2.05) is 0 Å². The molecule has 0 atom stereocenters. The van der Waals surface area contributed by atoms with Gasteiger partial charge in [-0.2, -0.15) is 0 Å². The number of hydrogen-bond donors (Lipinski definition) is 1. The van der Waals surface area contributed by atoms with Gasteiger partial charge < -0.3 is 9.43 Å². The minimum absolute atomic E-state index is 0. The molecule has 0 saturated carbocycles. The summed E-state index contributed by atoms with van der Waals surface area (Å²) in [5, 5.41) is 2.82. The van der Waals surface area contributed by atoms with Gasteiger partial charge in [-0.15, -0.1) is 0 Å². The van der Waals surface area contributed by atoms with Gasteiger partial charge >= 0.3 is 0 Å². The van der Waals surface area contributed by atoms with Crippen molar-refractivity contribution in [2.75, 3.05) is 6.54 Å². The van der Waals surface area contributed by atoms with Crippen LogP contribution in [0.4, 0.5) is 0 Å². The minimum Gasteiger partial charge on any atom is -0.455 e. The first-order valence-electron chi connectivity index (χ1n) is 7.33.